The molecule has 0 atom stereocenters. The van der Waals surface area contributed by atoms with E-state index in [0.717, 1.165) is 11.3 Å². The summed E-state index contributed by atoms with van der Waals surface area (Å²) in [6, 6.07) is 20.4. The van der Waals surface area contributed by atoms with Crippen molar-refractivity contribution in [2.75, 3.05) is 17.7 Å². The predicted molar refractivity (Wildman–Crippen MR) is 109 cm³/mol. The molecular weight excluding hydrogens is 354 g/mol. The number of hydrogen-bond acceptors (Lipinski definition) is 5. The molecule has 0 radical (unpaired) electrons. The predicted octanol–water partition coefficient (Wildman–Crippen LogP) is 4.18. The molecule has 0 unspecified atom stereocenters. The van der Waals surface area contributed by atoms with Crippen LogP contribution in [0.2, 0.25) is 0 Å². The monoisotopic (exact) mass is 375 g/mol. The Morgan fingerprint density at radius 3 is 2.50 bits per heavy atom. The third kappa shape index (κ3) is 5.41. The summed E-state index contributed by atoms with van der Waals surface area (Å²) in [5.41, 5.74) is 2.93. The number of ether oxygens (including phenoxy) is 1. The molecule has 0 saturated carbocycles. The second-order valence-corrected chi connectivity index (χ2v) is 6.16. The minimum Gasteiger partial charge on any atom is -0.465 e. The smallest absolute Gasteiger partial charge is 0.337 e. The van der Waals surface area contributed by atoms with E-state index in [1.807, 2.05) is 36.4 Å². The lowest BCUT2D eigenvalue weighted by Gasteiger charge is -2.09. The first kappa shape index (κ1) is 19.1. The quantitative estimate of drug-likeness (QED) is 0.606. The van der Waals surface area contributed by atoms with Crippen molar-refractivity contribution >= 4 is 29.1 Å². The fourth-order valence-electron chi connectivity index (χ4n) is 2.66. The summed E-state index contributed by atoms with van der Waals surface area (Å²) in [7, 11) is 1.34. The number of aromatic nitrogens is 1. The van der Waals surface area contributed by atoms with E-state index in [1.54, 1.807) is 36.5 Å². The van der Waals surface area contributed by atoms with Crippen molar-refractivity contribution in [3.8, 4) is 0 Å². The van der Waals surface area contributed by atoms with Gasteiger partial charge in [-0.2, -0.15) is 0 Å². The highest BCUT2D eigenvalue weighted by Gasteiger charge is 2.07. The van der Waals surface area contributed by atoms with Gasteiger partial charge in [-0.3, -0.25) is 4.79 Å². The zero-order valence-corrected chi connectivity index (χ0v) is 15.5. The van der Waals surface area contributed by atoms with Gasteiger partial charge in [-0.05, 0) is 42.3 Å². The molecule has 6 nitrogen and oxygen atoms in total. The molecule has 3 rings (SSSR count). The first-order chi connectivity index (χ1) is 13.6. The van der Waals surface area contributed by atoms with Crippen LogP contribution in [0.3, 0.4) is 0 Å². The molecule has 0 aliphatic rings. The lowest BCUT2D eigenvalue weighted by Crippen LogP contribution is -2.12. The Hall–Kier alpha value is -3.67. The van der Waals surface area contributed by atoms with E-state index in [0.29, 0.717) is 29.9 Å². The van der Waals surface area contributed by atoms with Crippen molar-refractivity contribution in [1.82, 2.24) is 4.98 Å². The molecule has 3 aromatic rings. The van der Waals surface area contributed by atoms with Crippen molar-refractivity contribution < 1.29 is 14.3 Å². The maximum atomic E-state index is 12.1. The zero-order chi connectivity index (χ0) is 19.8. The molecule has 142 valence electrons. The first-order valence-corrected chi connectivity index (χ1v) is 8.89. The van der Waals surface area contributed by atoms with E-state index >= 15 is 0 Å². The van der Waals surface area contributed by atoms with Gasteiger partial charge in [0, 0.05) is 12.1 Å². The van der Waals surface area contributed by atoms with Gasteiger partial charge >= 0.3 is 5.97 Å². The van der Waals surface area contributed by atoms with Crippen molar-refractivity contribution in [2.45, 2.75) is 12.8 Å². The summed E-state index contributed by atoms with van der Waals surface area (Å²) in [4.78, 5) is 28.0. The number of anilines is 3. The Morgan fingerprint density at radius 2 is 1.79 bits per heavy atom. The Morgan fingerprint density at radius 1 is 0.964 bits per heavy atom. The fraction of sp³-hybridized carbons (Fsp3) is 0.136. The molecule has 0 spiro atoms. The number of nitrogens with zero attached hydrogens (tertiary/aromatic N) is 1. The van der Waals surface area contributed by atoms with Gasteiger partial charge in [-0.15, -0.1) is 0 Å². The van der Waals surface area contributed by atoms with E-state index in [9.17, 15) is 9.59 Å². The minimum atomic E-state index is -0.398. The van der Waals surface area contributed by atoms with E-state index in [-0.39, 0.29) is 5.91 Å². The van der Waals surface area contributed by atoms with Crippen LogP contribution in [0.5, 0.6) is 0 Å². The van der Waals surface area contributed by atoms with Crippen LogP contribution in [0.1, 0.15) is 22.3 Å². The number of carbonyl (C=O) groups excluding carboxylic acids is 2. The van der Waals surface area contributed by atoms with Gasteiger partial charge < -0.3 is 15.4 Å². The molecule has 0 fully saturated rings. The van der Waals surface area contributed by atoms with E-state index in [2.05, 4.69) is 15.6 Å². The molecule has 0 bridgehead atoms. The molecule has 0 aliphatic heterocycles. The standard InChI is InChI=1S/C22H21N3O3/c1-28-22(27)17-8-5-9-18(14-17)24-20-12-11-19(15-23-20)25-21(26)13-10-16-6-3-2-4-7-16/h2-9,11-12,14-15H,10,13H2,1H3,(H,23,24)(H,25,26). The number of aryl methyl sites for hydroxylation is 1. The lowest BCUT2D eigenvalue weighted by molar-refractivity contribution is -0.116. The van der Waals surface area contributed by atoms with Gasteiger partial charge in [0.1, 0.15) is 5.82 Å². The van der Waals surface area contributed by atoms with Gasteiger partial charge in [0.25, 0.3) is 0 Å². The van der Waals surface area contributed by atoms with E-state index in [4.69, 9.17) is 4.74 Å². The summed E-state index contributed by atoms with van der Waals surface area (Å²) < 4.78 is 4.72. The second-order valence-electron chi connectivity index (χ2n) is 6.16. The third-order valence-corrected chi connectivity index (χ3v) is 4.09. The number of benzene rings is 2. The number of rotatable bonds is 7. The maximum Gasteiger partial charge on any atom is 0.337 e. The lowest BCUT2D eigenvalue weighted by atomic mass is 10.1. The van der Waals surface area contributed by atoms with Gasteiger partial charge in [0.05, 0.1) is 24.6 Å². The largest absolute Gasteiger partial charge is 0.465 e. The molecule has 0 aliphatic carbocycles. The molecule has 1 heterocycles. The van der Waals surface area contributed by atoms with Crippen LogP contribution in [0.15, 0.2) is 72.9 Å². The number of pyridine rings is 1. The van der Waals surface area contributed by atoms with Gasteiger partial charge in [-0.1, -0.05) is 36.4 Å². The molecule has 1 amide bonds. The van der Waals surface area contributed by atoms with E-state index < -0.39 is 5.97 Å². The number of hydrogen-bond donors (Lipinski definition) is 2. The molecule has 2 N–H and O–H groups in total. The Kier molecular flexibility index (Phi) is 6.36. The second kappa shape index (κ2) is 9.32. The van der Waals surface area contributed by atoms with Crippen LogP contribution >= 0.6 is 0 Å². The van der Waals surface area contributed by atoms with Crippen LogP contribution in [0.4, 0.5) is 17.2 Å². The SMILES string of the molecule is COC(=O)c1cccc(Nc2ccc(NC(=O)CCc3ccccc3)cn2)c1. The van der Waals surface area contributed by atoms with Crippen molar-refractivity contribution in [1.29, 1.82) is 0 Å². The average Bonchev–Trinajstić information content (AvgIpc) is 2.74. The number of esters is 1. The summed E-state index contributed by atoms with van der Waals surface area (Å²) in [6.07, 6.45) is 2.69. The number of nitrogens with one attached hydrogen (secondary N) is 2. The van der Waals surface area contributed by atoms with E-state index in [1.165, 1.54) is 7.11 Å². The van der Waals surface area contributed by atoms with Crippen molar-refractivity contribution in [3.63, 3.8) is 0 Å². The fourth-order valence-corrected chi connectivity index (χ4v) is 2.66. The normalized spacial score (nSPS) is 10.2. The van der Waals surface area contributed by atoms with Gasteiger partial charge in [0.2, 0.25) is 5.91 Å². The Bertz CT molecular complexity index is 941. The van der Waals surface area contributed by atoms with Gasteiger partial charge in [0.15, 0.2) is 0 Å². The zero-order valence-electron chi connectivity index (χ0n) is 15.5. The molecule has 2 aromatic carbocycles. The summed E-state index contributed by atoms with van der Waals surface area (Å²) >= 11 is 0. The van der Waals surface area contributed by atoms with Crippen molar-refractivity contribution in [2.24, 2.45) is 0 Å². The molecule has 6 heteroatoms. The van der Waals surface area contributed by atoms with Gasteiger partial charge in [-0.25, -0.2) is 9.78 Å². The number of methoxy groups -OCH3 is 1. The molecular formula is C22H21N3O3. The summed E-state index contributed by atoms with van der Waals surface area (Å²) in [5.74, 6) is 0.145. The highest BCUT2D eigenvalue weighted by atomic mass is 16.5. The third-order valence-electron chi connectivity index (χ3n) is 4.09. The van der Waals surface area contributed by atoms with Crippen molar-refractivity contribution in [3.05, 3.63) is 84.1 Å². The minimum absolute atomic E-state index is 0.0582. The molecule has 1 aromatic heterocycles. The molecule has 0 saturated heterocycles. The van der Waals surface area contributed by atoms with Crippen LogP contribution in [-0.2, 0) is 16.0 Å². The average molecular weight is 375 g/mol. The number of carbonyl (C=O) groups is 2. The first-order valence-electron chi connectivity index (χ1n) is 8.89. The molecule has 28 heavy (non-hydrogen) atoms. The topological polar surface area (TPSA) is 80.3 Å². The summed E-state index contributed by atoms with van der Waals surface area (Å²) in [5, 5.41) is 5.96. The highest BCUT2D eigenvalue weighted by molar-refractivity contribution is 5.91. The van der Waals surface area contributed by atoms with Crippen LogP contribution in [-0.4, -0.2) is 24.0 Å². The van der Waals surface area contributed by atoms with Crippen LogP contribution in [0, 0.1) is 0 Å². The van der Waals surface area contributed by atoms with Crippen LogP contribution in [0.25, 0.3) is 0 Å². The Labute approximate surface area is 163 Å². The highest BCUT2D eigenvalue weighted by Crippen LogP contribution is 2.18. The Balaban J connectivity index is 1.55. The summed E-state index contributed by atoms with van der Waals surface area (Å²) in [6.45, 7) is 0. The van der Waals surface area contributed by atoms with Crippen LogP contribution < -0.4 is 10.6 Å². The number of amides is 1. The maximum absolute atomic E-state index is 12.1.